The van der Waals surface area contributed by atoms with E-state index in [0.29, 0.717) is 0 Å². The molecule has 1 spiro atoms. The molecule has 1 heteroatoms. The number of hydrogen-bond acceptors (Lipinski definition) is 0. The molecule has 2 aliphatic rings. The van der Waals surface area contributed by atoms with Crippen LogP contribution in [0.1, 0.15) is 22.3 Å². The summed E-state index contributed by atoms with van der Waals surface area (Å²) in [5, 5.41) is 10.0. The molecule has 15 rings (SSSR count). The molecule has 2 aliphatic carbocycles. The smallest absolute Gasteiger partial charge is 0.0725 e. The third kappa shape index (κ3) is 4.95. The fourth-order valence-corrected chi connectivity index (χ4v) is 12.7. The summed E-state index contributed by atoms with van der Waals surface area (Å²) in [6.45, 7) is 0. The number of para-hydroxylation sites is 1. The zero-order chi connectivity index (χ0) is 44.5. The molecular weight excluding hydrogens is 819 g/mol. The van der Waals surface area contributed by atoms with Gasteiger partial charge in [0.15, 0.2) is 0 Å². The van der Waals surface area contributed by atoms with Gasteiger partial charge in [-0.15, -0.1) is 0 Å². The molecule has 0 N–H and O–H groups in total. The average Bonchev–Trinajstić information content (AvgIpc) is 4.02. The average molecular weight is 860 g/mol. The van der Waals surface area contributed by atoms with Crippen LogP contribution in [0, 0.1) is 0 Å². The molecule has 0 saturated carbocycles. The minimum atomic E-state index is -0.403. The molecule has 1 nitrogen and oxygen atoms in total. The van der Waals surface area contributed by atoms with Gasteiger partial charge < -0.3 is 4.57 Å². The van der Waals surface area contributed by atoms with Crippen molar-refractivity contribution >= 4 is 54.1 Å². The lowest BCUT2D eigenvalue weighted by Gasteiger charge is -2.30. The molecule has 0 bridgehead atoms. The minimum absolute atomic E-state index is 0.403. The van der Waals surface area contributed by atoms with Crippen LogP contribution in [-0.2, 0) is 5.41 Å². The molecule has 68 heavy (non-hydrogen) atoms. The predicted molar refractivity (Wildman–Crippen MR) is 286 cm³/mol. The summed E-state index contributed by atoms with van der Waals surface area (Å²) >= 11 is 0. The highest BCUT2D eigenvalue weighted by atomic mass is 15.0. The molecule has 0 fully saturated rings. The third-order valence-electron chi connectivity index (χ3n) is 15.4. The van der Waals surface area contributed by atoms with Crippen LogP contribution in [0.2, 0.25) is 0 Å². The van der Waals surface area contributed by atoms with Gasteiger partial charge in [0.05, 0.1) is 16.4 Å². The van der Waals surface area contributed by atoms with Gasteiger partial charge in [0.1, 0.15) is 0 Å². The van der Waals surface area contributed by atoms with Crippen molar-refractivity contribution in [3.8, 4) is 61.3 Å². The SMILES string of the molecule is c1ccc(-c2c3ccccc3c(-c3ccc(-n4c5ccccc5c5cc(-c6ccc7c(c6)C6(c8ccccc8-c8ccccc86)c6ccccc6-7)c6ccccc6c54)cc3)c3ccccc23)cc1. The number of fused-ring (bicyclic) bond motifs is 17. The monoisotopic (exact) mass is 859 g/mol. The Balaban J connectivity index is 0.934. The highest BCUT2D eigenvalue weighted by Gasteiger charge is 2.51. The molecule has 0 unspecified atom stereocenters. The van der Waals surface area contributed by atoms with Crippen molar-refractivity contribution in [1.82, 2.24) is 4.57 Å². The van der Waals surface area contributed by atoms with Crippen LogP contribution >= 0.6 is 0 Å². The second kappa shape index (κ2) is 14.1. The van der Waals surface area contributed by atoms with Gasteiger partial charge in [-0.05, 0) is 135 Å². The van der Waals surface area contributed by atoms with E-state index in [-0.39, 0.29) is 0 Å². The van der Waals surface area contributed by atoms with E-state index in [1.807, 2.05) is 0 Å². The van der Waals surface area contributed by atoms with Crippen molar-refractivity contribution in [2.24, 2.45) is 0 Å². The Labute approximate surface area is 394 Å². The van der Waals surface area contributed by atoms with Gasteiger partial charge >= 0.3 is 0 Å². The van der Waals surface area contributed by atoms with E-state index in [1.165, 1.54) is 132 Å². The molecule has 314 valence electrons. The van der Waals surface area contributed by atoms with Gasteiger partial charge in [-0.1, -0.05) is 218 Å². The van der Waals surface area contributed by atoms with E-state index in [4.69, 9.17) is 0 Å². The normalized spacial score (nSPS) is 13.1. The number of aromatic nitrogens is 1. The van der Waals surface area contributed by atoms with Gasteiger partial charge in [0.25, 0.3) is 0 Å². The van der Waals surface area contributed by atoms with E-state index in [0.717, 1.165) is 5.69 Å². The summed E-state index contributed by atoms with van der Waals surface area (Å²) in [4.78, 5) is 0. The summed E-state index contributed by atoms with van der Waals surface area (Å²) < 4.78 is 2.50. The highest BCUT2D eigenvalue weighted by Crippen LogP contribution is 2.63. The van der Waals surface area contributed by atoms with Gasteiger partial charge in [0.2, 0.25) is 0 Å². The maximum Gasteiger partial charge on any atom is 0.0725 e. The first-order valence-corrected chi connectivity index (χ1v) is 23.8. The third-order valence-corrected chi connectivity index (χ3v) is 15.4. The second-order valence-electron chi connectivity index (χ2n) is 18.6. The first-order valence-electron chi connectivity index (χ1n) is 23.8. The minimum Gasteiger partial charge on any atom is -0.309 e. The second-order valence-corrected chi connectivity index (χ2v) is 18.6. The number of benzene rings is 12. The fraction of sp³-hybridized carbons (Fsp3) is 0.0149. The van der Waals surface area contributed by atoms with Crippen molar-refractivity contribution in [2.45, 2.75) is 5.41 Å². The molecule has 13 aromatic rings. The summed E-state index contributed by atoms with van der Waals surface area (Å²) in [6.07, 6.45) is 0. The Morgan fingerprint density at radius 2 is 0.676 bits per heavy atom. The molecular formula is C67H41N. The van der Waals surface area contributed by atoms with Crippen LogP contribution in [-0.4, -0.2) is 4.57 Å². The van der Waals surface area contributed by atoms with Crippen molar-refractivity contribution in [3.05, 3.63) is 271 Å². The van der Waals surface area contributed by atoms with E-state index >= 15 is 0 Å². The Kier molecular flexibility index (Phi) is 7.77. The Hall–Kier alpha value is -8.78. The largest absolute Gasteiger partial charge is 0.309 e. The predicted octanol–water partition coefficient (Wildman–Crippen LogP) is 17.6. The fourth-order valence-electron chi connectivity index (χ4n) is 12.7. The Morgan fingerprint density at radius 3 is 1.25 bits per heavy atom. The van der Waals surface area contributed by atoms with Crippen LogP contribution in [0.4, 0.5) is 0 Å². The molecule has 1 aromatic heterocycles. The zero-order valence-electron chi connectivity index (χ0n) is 37.1. The van der Waals surface area contributed by atoms with E-state index < -0.39 is 5.41 Å². The number of hydrogen-bond donors (Lipinski definition) is 0. The molecule has 0 saturated heterocycles. The lowest BCUT2D eigenvalue weighted by atomic mass is 9.70. The Bertz CT molecular complexity index is 4120. The zero-order valence-corrected chi connectivity index (χ0v) is 37.1. The summed E-state index contributed by atoms with van der Waals surface area (Å²) in [7, 11) is 0. The highest BCUT2D eigenvalue weighted by molar-refractivity contribution is 6.23. The van der Waals surface area contributed by atoms with Crippen LogP contribution in [0.25, 0.3) is 115 Å². The molecule has 0 radical (unpaired) electrons. The van der Waals surface area contributed by atoms with E-state index in [2.05, 4.69) is 253 Å². The molecule has 0 amide bonds. The maximum absolute atomic E-state index is 2.53. The van der Waals surface area contributed by atoms with Crippen molar-refractivity contribution in [1.29, 1.82) is 0 Å². The maximum atomic E-state index is 2.53. The summed E-state index contributed by atoms with van der Waals surface area (Å²) in [5.74, 6) is 0. The van der Waals surface area contributed by atoms with E-state index in [1.54, 1.807) is 0 Å². The summed E-state index contributed by atoms with van der Waals surface area (Å²) in [6, 6.07) is 93.0. The topological polar surface area (TPSA) is 4.93 Å². The van der Waals surface area contributed by atoms with E-state index in [9.17, 15) is 0 Å². The molecule has 0 aliphatic heterocycles. The number of rotatable bonds is 4. The van der Waals surface area contributed by atoms with Crippen molar-refractivity contribution in [3.63, 3.8) is 0 Å². The standard InChI is InChI=1S/C67H41N/c1-2-18-42(19-3-1)64-52-25-5-7-27-54(52)65(55-28-8-6-26-53(55)64)43-34-37-45(38-35-43)68-63-33-17-13-24-51(63)58-41-57(46-20-4-9-29-56(46)66(58)68)44-36-39-50-49-23-12-16-32-61(49)67(62(50)40-44)59-30-14-10-21-47(59)48-22-11-15-31-60(48)67/h1-41H. The van der Waals surface area contributed by atoms with Crippen molar-refractivity contribution < 1.29 is 0 Å². The lowest BCUT2D eigenvalue weighted by Crippen LogP contribution is -2.25. The van der Waals surface area contributed by atoms with Gasteiger partial charge in [-0.2, -0.15) is 0 Å². The van der Waals surface area contributed by atoms with Gasteiger partial charge in [-0.25, -0.2) is 0 Å². The van der Waals surface area contributed by atoms with Crippen LogP contribution in [0.3, 0.4) is 0 Å². The van der Waals surface area contributed by atoms with Gasteiger partial charge in [0, 0.05) is 21.8 Å². The van der Waals surface area contributed by atoms with Crippen LogP contribution in [0.15, 0.2) is 249 Å². The quantitative estimate of drug-likeness (QED) is 0.155. The first-order chi connectivity index (χ1) is 33.8. The molecule has 12 aromatic carbocycles. The Morgan fingerprint density at radius 1 is 0.250 bits per heavy atom. The van der Waals surface area contributed by atoms with Gasteiger partial charge in [-0.3, -0.25) is 0 Å². The number of nitrogens with zero attached hydrogens (tertiary/aromatic N) is 1. The first kappa shape index (κ1) is 37.4. The lowest BCUT2D eigenvalue weighted by molar-refractivity contribution is 0.794. The summed E-state index contributed by atoms with van der Waals surface area (Å²) in [5.41, 5.74) is 21.4. The van der Waals surface area contributed by atoms with Crippen molar-refractivity contribution in [2.75, 3.05) is 0 Å². The van der Waals surface area contributed by atoms with Crippen LogP contribution in [0.5, 0.6) is 0 Å². The van der Waals surface area contributed by atoms with Crippen LogP contribution < -0.4 is 0 Å². The molecule has 1 heterocycles. The molecule has 0 atom stereocenters.